The minimum atomic E-state index is -0.630. The van der Waals surface area contributed by atoms with Crippen LogP contribution in [0.4, 0.5) is 0 Å². The van der Waals surface area contributed by atoms with E-state index in [0.717, 1.165) is 30.4 Å². The van der Waals surface area contributed by atoms with Crippen molar-refractivity contribution in [3.63, 3.8) is 0 Å². The van der Waals surface area contributed by atoms with Gasteiger partial charge in [0.15, 0.2) is 23.0 Å². The highest BCUT2D eigenvalue weighted by molar-refractivity contribution is 5.80. The molecule has 0 N–H and O–H groups in total. The monoisotopic (exact) mass is 1090 g/mol. The quantitative estimate of drug-likeness (QED) is 0.0167. The average molecular weight is 1090 g/mol. The summed E-state index contributed by atoms with van der Waals surface area (Å²) in [5.74, 6) is -0.947. The van der Waals surface area contributed by atoms with Gasteiger partial charge in [0.2, 0.25) is 12.2 Å². The zero-order valence-electron chi connectivity index (χ0n) is 47.0. The molecule has 77 heavy (non-hydrogen) atoms. The Kier molecular flexibility index (Phi) is 34.0. The summed E-state index contributed by atoms with van der Waals surface area (Å²) >= 11 is 0. The molecule has 2 rings (SSSR count). The first kappa shape index (κ1) is 66.9. The maximum absolute atomic E-state index is 13.0. The van der Waals surface area contributed by atoms with Crippen LogP contribution in [0.25, 0.3) is 12.2 Å². The molecular formula is C56H84N2O19. The van der Waals surface area contributed by atoms with Crippen molar-refractivity contribution in [2.45, 2.75) is 97.3 Å². The van der Waals surface area contributed by atoms with Gasteiger partial charge in [-0.1, -0.05) is 51.0 Å². The fourth-order valence-electron chi connectivity index (χ4n) is 7.31. The van der Waals surface area contributed by atoms with Crippen LogP contribution in [-0.4, -0.2) is 180 Å². The fraction of sp³-hybridized carbons (Fsp3) is 0.607. The lowest BCUT2D eigenvalue weighted by Crippen LogP contribution is -2.42. The van der Waals surface area contributed by atoms with Crippen LogP contribution in [0, 0.1) is 11.8 Å². The van der Waals surface area contributed by atoms with Crippen molar-refractivity contribution in [1.29, 1.82) is 0 Å². The predicted molar refractivity (Wildman–Crippen MR) is 286 cm³/mol. The number of hydrogen-bond donors (Lipinski definition) is 0. The van der Waals surface area contributed by atoms with Crippen molar-refractivity contribution in [2.75, 3.05) is 116 Å². The number of methoxy groups -OCH3 is 4. The van der Waals surface area contributed by atoms with Gasteiger partial charge >= 0.3 is 29.8 Å². The third-order valence-corrected chi connectivity index (χ3v) is 11.9. The highest BCUT2D eigenvalue weighted by Gasteiger charge is 2.34. The zero-order chi connectivity index (χ0) is 57.0. The van der Waals surface area contributed by atoms with Crippen molar-refractivity contribution in [3.05, 3.63) is 53.7 Å². The van der Waals surface area contributed by atoms with E-state index in [-0.39, 0.29) is 81.8 Å². The number of carbonyl (C=O) groups excluding carboxylic acids is 6. The van der Waals surface area contributed by atoms with Crippen molar-refractivity contribution in [3.8, 4) is 28.7 Å². The summed E-state index contributed by atoms with van der Waals surface area (Å²) in [5.41, 5.74) is 1.51. The third kappa shape index (κ3) is 27.6. The summed E-state index contributed by atoms with van der Waals surface area (Å²) in [6, 6.07) is 8.26. The lowest BCUT2D eigenvalue weighted by atomic mass is 9.86. The maximum Gasteiger partial charge on any atom is 0.323 e. The first-order valence-electron chi connectivity index (χ1n) is 25.9. The van der Waals surface area contributed by atoms with Gasteiger partial charge in [-0.3, -0.25) is 33.7 Å². The smallest absolute Gasteiger partial charge is 0.323 e. The Morgan fingerprint density at radius 3 is 1.68 bits per heavy atom. The van der Waals surface area contributed by atoms with Crippen molar-refractivity contribution >= 4 is 48.4 Å². The Hall–Kier alpha value is -6.26. The molecule has 1 unspecified atom stereocenters. The summed E-state index contributed by atoms with van der Waals surface area (Å²) in [6.45, 7) is 9.41. The second-order valence-corrected chi connectivity index (χ2v) is 18.0. The number of benzene rings is 2. The molecule has 0 spiro atoms. The molecule has 0 radical (unpaired) electrons. The van der Waals surface area contributed by atoms with Gasteiger partial charge in [0.25, 0.3) is 0 Å². The van der Waals surface area contributed by atoms with Crippen LogP contribution in [0.5, 0.6) is 28.7 Å². The number of unbranched alkanes of at least 4 members (excludes halogenated alkanes) is 3. The first-order valence-corrected chi connectivity index (χ1v) is 25.9. The first-order chi connectivity index (χ1) is 37.0. The molecule has 0 aliphatic heterocycles. The Morgan fingerprint density at radius 2 is 1.10 bits per heavy atom. The number of likely N-dealkylation sites (N-methyl/N-ethyl adjacent to an activating group) is 1. The molecular weight excluding hydrogens is 1000 g/mol. The molecule has 1 amide bonds. The SMILES string of the molecule is COc1ccc(/C=C\c2cc(OC)c(OC)c(OC)c2)cc1OC(=O)CCC(=O)OCCOCCOCCOCCOCCC(=O)OCCCCCC[C@@H](OC(=O)C(C)N(C)C)[C@H](C)[C@H](OC(C)=O)[C@H](C)/C=C/N(C)C=O. The predicted octanol–water partition coefficient (Wildman–Crippen LogP) is 6.74. The fourth-order valence-corrected chi connectivity index (χ4v) is 7.31. The Labute approximate surface area is 454 Å². The van der Waals surface area contributed by atoms with Gasteiger partial charge < -0.3 is 66.5 Å². The van der Waals surface area contributed by atoms with Crippen molar-refractivity contribution in [2.24, 2.45) is 11.8 Å². The highest BCUT2D eigenvalue weighted by Crippen LogP contribution is 2.39. The molecule has 0 bridgehead atoms. The summed E-state index contributed by atoms with van der Waals surface area (Å²) in [5, 5.41) is 0. The topological polar surface area (TPSA) is 229 Å². The molecule has 0 heterocycles. The number of hydrogen-bond acceptors (Lipinski definition) is 20. The molecule has 0 saturated heterocycles. The van der Waals surface area contributed by atoms with Crippen LogP contribution in [0.2, 0.25) is 0 Å². The Bertz CT molecular complexity index is 2110. The lowest BCUT2D eigenvalue weighted by molar-refractivity contribution is -0.165. The van der Waals surface area contributed by atoms with Gasteiger partial charge in [0, 0.05) is 32.0 Å². The van der Waals surface area contributed by atoms with Gasteiger partial charge in [0.1, 0.15) is 24.9 Å². The maximum atomic E-state index is 13.0. The van der Waals surface area contributed by atoms with Crippen molar-refractivity contribution < 1.29 is 90.3 Å². The van der Waals surface area contributed by atoms with Crippen molar-refractivity contribution in [1.82, 2.24) is 9.80 Å². The summed E-state index contributed by atoms with van der Waals surface area (Å²) in [6.07, 6.45) is 9.89. The third-order valence-electron chi connectivity index (χ3n) is 11.9. The van der Waals surface area contributed by atoms with Crippen LogP contribution in [0.3, 0.4) is 0 Å². The molecule has 0 aliphatic carbocycles. The van der Waals surface area contributed by atoms with Gasteiger partial charge in [-0.05, 0) is 75.7 Å². The summed E-state index contributed by atoms with van der Waals surface area (Å²) in [7, 11) is 11.3. The number of nitrogens with zero attached hydrogens (tertiary/aromatic N) is 2. The average Bonchev–Trinajstić information content (AvgIpc) is 3.41. The molecule has 2 aromatic rings. The Morgan fingerprint density at radius 1 is 0.571 bits per heavy atom. The van der Waals surface area contributed by atoms with E-state index in [9.17, 15) is 28.8 Å². The van der Waals surface area contributed by atoms with Crippen LogP contribution in [-0.2, 0) is 66.7 Å². The minimum absolute atomic E-state index is 0.0103. The Balaban J connectivity index is 1.53. The van der Waals surface area contributed by atoms with E-state index in [1.165, 1.54) is 40.3 Å². The molecule has 0 aromatic heterocycles. The molecule has 0 fully saturated rings. The molecule has 21 heteroatoms. The van der Waals surface area contributed by atoms with E-state index in [0.29, 0.717) is 75.3 Å². The molecule has 21 nitrogen and oxygen atoms in total. The van der Waals surface area contributed by atoms with Crippen LogP contribution in [0.1, 0.15) is 90.2 Å². The van der Waals surface area contributed by atoms with Gasteiger partial charge in [-0.15, -0.1) is 0 Å². The van der Waals surface area contributed by atoms with E-state index in [1.54, 1.807) is 75.6 Å². The number of ether oxygens (including phenoxy) is 13. The lowest BCUT2D eigenvalue weighted by Gasteiger charge is -2.34. The molecule has 432 valence electrons. The summed E-state index contributed by atoms with van der Waals surface area (Å²) < 4.78 is 71.3. The van der Waals surface area contributed by atoms with Crippen LogP contribution < -0.4 is 23.7 Å². The number of esters is 5. The van der Waals surface area contributed by atoms with Gasteiger partial charge in [-0.25, -0.2) is 0 Å². The molecule has 0 saturated carbocycles. The molecule has 5 atom stereocenters. The highest BCUT2D eigenvalue weighted by atomic mass is 16.6. The number of amides is 1. The normalized spacial score (nSPS) is 13.3. The van der Waals surface area contributed by atoms with Gasteiger partial charge in [0.05, 0.1) is 107 Å². The van der Waals surface area contributed by atoms with E-state index in [4.69, 9.17) is 61.6 Å². The largest absolute Gasteiger partial charge is 0.493 e. The molecule has 0 aliphatic rings. The summed E-state index contributed by atoms with van der Waals surface area (Å²) in [4.78, 5) is 76.4. The molecule has 2 aromatic carbocycles. The van der Waals surface area contributed by atoms with Gasteiger partial charge in [-0.2, -0.15) is 0 Å². The zero-order valence-corrected chi connectivity index (χ0v) is 47.0. The standard InChI is InChI=1S/C56H84N2O19/c1-40(23-25-58(7)39-59)54(75-43(4)60)41(2)46(77-56(64)42(3)57(5)6)16-14-12-13-15-26-73-52(62)24-27-69-28-29-70-30-31-71-32-33-72-34-35-74-51(61)21-22-53(63)76-48-36-44(19-20-47(48)65-8)17-18-45-37-49(66-9)55(68-11)50(38-45)67-10/h17-20,23,25,36-42,46,54H,12-16,21-22,24,26-35H2,1-11H3/b18-17-,25-23+/t40-,41+,42?,46-,54-/m1/s1. The van der Waals surface area contributed by atoms with E-state index >= 15 is 0 Å². The minimum Gasteiger partial charge on any atom is -0.493 e. The second kappa shape index (κ2) is 39.2. The number of rotatable bonds is 42. The van der Waals surface area contributed by atoms with E-state index < -0.39 is 36.2 Å². The van der Waals surface area contributed by atoms with Crippen LogP contribution in [0.15, 0.2) is 42.6 Å². The van der Waals surface area contributed by atoms with Crippen LogP contribution >= 0.6 is 0 Å². The number of carbonyl (C=O) groups is 6. The van der Waals surface area contributed by atoms with E-state index in [1.807, 2.05) is 26.0 Å². The second-order valence-electron chi connectivity index (χ2n) is 18.0. The van der Waals surface area contributed by atoms with E-state index in [2.05, 4.69) is 0 Å².